The molecule has 12 heavy (non-hydrogen) atoms. The van der Waals surface area contributed by atoms with Crippen molar-refractivity contribution in [3.63, 3.8) is 0 Å². The number of thiophene rings is 1. The first-order chi connectivity index (χ1) is 5.83. The monoisotopic (exact) mass is 187 g/mol. The van der Waals surface area contributed by atoms with Gasteiger partial charge in [-0.25, -0.2) is 4.39 Å². The van der Waals surface area contributed by atoms with E-state index in [1.165, 1.54) is 16.7 Å². The van der Waals surface area contributed by atoms with E-state index in [0.29, 0.717) is 18.7 Å². The number of rotatable bonds is 1. The topological polar surface area (TPSA) is 35.2 Å². The fourth-order valence-electron chi connectivity index (χ4n) is 1.47. The Morgan fingerprint density at radius 3 is 3.33 bits per heavy atom. The van der Waals surface area contributed by atoms with Crippen LogP contribution in [0.4, 0.5) is 4.39 Å². The molecule has 1 atom stereocenters. The van der Waals surface area contributed by atoms with Gasteiger partial charge in [-0.2, -0.15) is 0 Å². The van der Waals surface area contributed by atoms with E-state index in [-0.39, 0.29) is 11.9 Å². The van der Waals surface area contributed by atoms with Gasteiger partial charge in [-0.05, 0) is 0 Å². The lowest BCUT2D eigenvalue weighted by atomic mass is 10.1. The van der Waals surface area contributed by atoms with Gasteiger partial charge in [0.2, 0.25) is 0 Å². The Morgan fingerprint density at radius 2 is 2.58 bits per heavy atom. The van der Waals surface area contributed by atoms with Crippen LogP contribution < -0.4 is 5.73 Å². The molecule has 1 aliphatic heterocycles. The zero-order valence-corrected chi connectivity index (χ0v) is 7.36. The summed E-state index contributed by atoms with van der Waals surface area (Å²) in [6, 6.07) is 0. The van der Waals surface area contributed by atoms with Gasteiger partial charge < -0.3 is 10.5 Å². The highest BCUT2D eigenvalue weighted by Gasteiger charge is 2.24. The Morgan fingerprint density at radius 1 is 1.75 bits per heavy atom. The predicted molar refractivity (Wildman–Crippen MR) is 45.7 cm³/mol. The van der Waals surface area contributed by atoms with Crippen LogP contribution in [0.1, 0.15) is 16.5 Å². The third-order valence-corrected chi connectivity index (χ3v) is 3.08. The number of fused-ring (bicyclic) bond motifs is 1. The van der Waals surface area contributed by atoms with Crippen molar-refractivity contribution in [1.29, 1.82) is 0 Å². The van der Waals surface area contributed by atoms with Crippen LogP contribution in [0.5, 0.6) is 0 Å². The Kier molecular flexibility index (Phi) is 2.12. The van der Waals surface area contributed by atoms with Crippen molar-refractivity contribution in [2.45, 2.75) is 12.5 Å². The maximum absolute atomic E-state index is 13.1. The van der Waals surface area contributed by atoms with Crippen LogP contribution in [0.2, 0.25) is 0 Å². The van der Waals surface area contributed by atoms with Gasteiger partial charge in [0.25, 0.3) is 0 Å². The first-order valence-electron chi connectivity index (χ1n) is 3.90. The fraction of sp³-hybridized carbons (Fsp3) is 0.500. The standard InChI is InChI=1S/C8H10FNOS/c9-5-4-12-7-1-2-11-6(3-10)8(5)7/h4,6H,1-3,10H2. The van der Waals surface area contributed by atoms with Crippen LogP contribution >= 0.6 is 11.3 Å². The average Bonchev–Trinajstić information content (AvgIpc) is 2.48. The molecule has 0 bridgehead atoms. The Labute approximate surface area is 74.1 Å². The quantitative estimate of drug-likeness (QED) is 0.722. The number of ether oxygens (including phenoxy) is 1. The van der Waals surface area contributed by atoms with Crippen LogP contribution in [0.15, 0.2) is 5.38 Å². The Hall–Kier alpha value is -0.450. The molecule has 1 aromatic heterocycles. The molecule has 66 valence electrons. The van der Waals surface area contributed by atoms with Crippen LogP contribution in [-0.2, 0) is 11.2 Å². The van der Waals surface area contributed by atoms with E-state index < -0.39 is 0 Å². The van der Waals surface area contributed by atoms with Crippen LogP contribution in [-0.4, -0.2) is 13.2 Å². The molecule has 2 rings (SSSR count). The molecule has 4 heteroatoms. The van der Waals surface area contributed by atoms with E-state index in [1.807, 2.05) is 0 Å². The van der Waals surface area contributed by atoms with E-state index in [4.69, 9.17) is 10.5 Å². The summed E-state index contributed by atoms with van der Waals surface area (Å²) in [6.45, 7) is 1.02. The van der Waals surface area contributed by atoms with Gasteiger partial charge in [0.05, 0.1) is 12.7 Å². The normalized spacial score (nSPS) is 22.3. The second kappa shape index (κ2) is 3.12. The van der Waals surface area contributed by atoms with Crippen molar-refractivity contribution in [2.24, 2.45) is 5.73 Å². The van der Waals surface area contributed by atoms with E-state index in [9.17, 15) is 4.39 Å². The molecular weight excluding hydrogens is 177 g/mol. The number of hydrogen-bond donors (Lipinski definition) is 1. The van der Waals surface area contributed by atoms with Gasteiger partial charge in [0, 0.05) is 28.8 Å². The minimum atomic E-state index is -0.222. The second-order valence-electron chi connectivity index (χ2n) is 2.77. The van der Waals surface area contributed by atoms with E-state index in [0.717, 1.165) is 11.3 Å². The summed E-state index contributed by atoms with van der Waals surface area (Å²) in [7, 11) is 0. The van der Waals surface area contributed by atoms with E-state index in [1.54, 1.807) is 0 Å². The molecule has 2 nitrogen and oxygen atoms in total. The van der Waals surface area contributed by atoms with Crippen LogP contribution in [0, 0.1) is 5.82 Å². The van der Waals surface area contributed by atoms with Crippen molar-refractivity contribution >= 4 is 11.3 Å². The first-order valence-corrected chi connectivity index (χ1v) is 4.78. The molecule has 2 N–H and O–H groups in total. The highest BCUT2D eigenvalue weighted by Crippen LogP contribution is 2.32. The van der Waals surface area contributed by atoms with Gasteiger partial charge in [-0.15, -0.1) is 11.3 Å². The Balaban J connectivity index is 2.41. The third-order valence-electron chi connectivity index (χ3n) is 2.05. The van der Waals surface area contributed by atoms with E-state index in [2.05, 4.69) is 0 Å². The highest BCUT2D eigenvalue weighted by atomic mass is 32.1. The molecule has 0 aliphatic carbocycles. The van der Waals surface area contributed by atoms with Gasteiger partial charge in [-0.1, -0.05) is 0 Å². The molecule has 2 heterocycles. The van der Waals surface area contributed by atoms with Crippen LogP contribution in [0.3, 0.4) is 0 Å². The van der Waals surface area contributed by atoms with Gasteiger partial charge >= 0.3 is 0 Å². The molecule has 1 aromatic rings. The maximum Gasteiger partial charge on any atom is 0.140 e. The third kappa shape index (κ3) is 1.16. The SMILES string of the molecule is NCC1OCCc2scc(F)c21. The molecule has 0 fully saturated rings. The summed E-state index contributed by atoms with van der Waals surface area (Å²) < 4.78 is 18.5. The predicted octanol–water partition coefficient (Wildman–Crippen LogP) is 1.46. The van der Waals surface area contributed by atoms with Crippen LogP contribution in [0.25, 0.3) is 0 Å². The summed E-state index contributed by atoms with van der Waals surface area (Å²) in [6.07, 6.45) is 0.598. The molecule has 0 saturated carbocycles. The summed E-state index contributed by atoms with van der Waals surface area (Å²) in [5.41, 5.74) is 6.15. The van der Waals surface area contributed by atoms with Gasteiger partial charge in [-0.3, -0.25) is 0 Å². The highest BCUT2D eigenvalue weighted by molar-refractivity contribution is 7.10. The van der Waals surface area contributed by atoms with E-state index >= 15 is 0 Å². The van der Waals surface area contributed by atoms with Gasteiger partial charge in [0.1, 0.15) is 5.82 Å². The molecule has 0 aromatic carbocycles. The number of hydrogen-bond acceptors (Lipinski definition) is 3. The summed E-state index contributed by atoms with van der Waals surface area (Å²) >= 11 is 1.46. The summed E-state index contributed by atoms with van der Waals surface area (Å²) in [5.74, 6) is -0.162. The lowest BCUT2D eigenvalue weighted by Crippen LogP contribution is -2.22. The average molecular weight is 187 g/mol. The van der Waals surface area contributed by atoms with Gasteiger partial charge in [0.15, 0.2) is 0 Å². The largest absolute Gasteiger partial charge is 0.372 e. The van der Waals surface area contributed by atoms with Crippen molar-refractivity contribution in [3.8, 4) is 0 Å². The number of nitrogens with two attached hydrogens (primary N) is 1. The smallest absolute Gasteiger partial charge is 0.140 e. The molecule has 1 unspecified atom stereocenters. The molecule has 0 saturated heterocycles. The zero-order chi connectivity index (χ0) is 8.55. The van der Waals surface area contributed by atoms with Crippen molar-refractivity contribution in [3.05, 3.63) is 21.6 Å². The molecule has 1 aliphatic rings. The minimum absolute atomic E-state index is 0.162. The van der Waals surface area contributed by atoms with Crippen molar-refractivity contribution < 1.29 is 9.13 Å². The molecule has 0 radical (unpaired) electrons. The first kappa shape index (κ1) is 8.16. The second-order valence-corrected chi connectivity index (χ2v) is 3.73. The number of halogens is 1. The van der Waals surface area contributed by atoms with Crippen molar-refractivity contribution in [1.82, 2.24) is 0 Å². The molecule has 0 spiro atoms. The zero-order valence-electron chi connectivity index (χ0n) is 6.55. The summed E-state index contributed by atoms with van der Waals surface area (Å²) in [4.78, 5) is 1.09. The molecular formula is C8H10FNOS. The van der Waals surface area contributed by atoms with Crippen molar-refractivity contribution in [2.75, 3.05) is 13.2 Å². The lowest BCUT2D eigenvalue weighted by molar-refractivity contribution is 0.0471. The minimum Gasteiger partial charge on any atom is -0.372 e. The Bertz CT molecular complexity index is 287. The lowest BCUT2D eigenvalue weighted by Gasteiger charge is -2.21. The fourth-order valence-corrected chi connectivity index (χ4v) is 2.40. The molecule has 0 amide bonds. The maximum atomic E-state index is 13.1. The summed E-state index contributed by atoms with van der Waals surface area (Å²) in [5, 5.41) is 1.53.